The van der Waals surface area contributed by atoms with Crippen molar-refractivity contribution in [2.24, 2.45) is 11.7 Å². The average molecular weight is 309 g/mol. The van der Waals surface area contributed by atoms with E-state index in [2.05, 4.69) is 5.32 Å². The van der Waals surface area contributed by atoms with Crippen LogP contribution in [0.2, 0.25) is 5.02 Å². The number of halogens is 4. The monoisotopic (exact) mass is 308 g/mol. The Morgan fingerprint density at radius 1 is 1.45 bits per heavy atom. The third kappa shape index (κ3) is 3.86. The summed E-state index contributed by atoms with van der Waals surface area (Å²) in [7, 11) is 0. The number of alkyl halides is 3. The number of rotatable bonds is 4. The molecule has 0 fully saturated rings. The molecule has 3 nitrogen and oxygen atoms in total. The van der Waals surface area contributed by atoms with Crippen LogP contribution >= 0.6 is 11.6 Å². The summed E-state index contributed by atoms with van der Waals surface area (Å²) in [4.78, 5) is 11.9. The van der Waals surface area contributed by atoms with E-state index >= 15 is 0 Å². The zero-order valence-corrected chi connectivity index (χ0v) is 11.8. The first kappa shape index (κ1) is 16.8. The number of carbonyl (C=O) groups excluding carboxylic acids is 1. The van der Waals surface area contributed by atoms with Gasteiger partial charge in [-0.15, -0.1) is 0 Å². The van der Waals surface area contributed by atoms with Crippen molar-refractivity contribution < 1.29 is 18.0 Å². The highest BCUT2D eigenvalue weighted by atomic mass is 35.5. The molecule has 0 aliphatic heterocycles. The highest BCUT2D eigenvalue weighted by Gasteiger charge is 2.35. The Balaban J connectivity index is 3.06. The van der Waals surface area contributed by atoms with Gasteiger partial charge >= 0.3 is 6.18 Å². The highest BCUT2D eigenvalue weighted by Crippen LogP contribution is 2.38. The summed E-state index contributed by atoms with van der Waals surface area (Å²) in [6.07, 6.45) is -3.96. The summed E-state index contributed by atoms with van der Waals surface area (Å²) in [5.41, 5.74) is 4.25. The Morgan fingerprint density at radius 3 is 2.55 bits per heavy atom. The fraction of sp³-hybridized carbons (Fsp3) is 0.462. The van der Waals surface area contributed by atoms with E-state index in [1.165, 1.54) is 12.1 Å². The number of hydrogen-bond acceptors (Lipinski definition) is 2. The van der Waals surface area contributed by atoms with Crippen LogP contribution in [0.25, 0.3) is 0 Å². The molecule has 1 rings (SSSR count). The summed E-state index contributed by atoms with van der Waals surface area (Å²) in [6, 6.07) is 2.42. The number of para-hydroxylation sites is 1. The molecule has 112 valence electrons. The largest absolute Gasteiger partial charge is 0.418 e. The number of nitrogens with one attached hydrogen (secondary N) is 1. The van der Waals surface area contributed by atoms with Crippen molar-refractivity contribution >= 4 is 23.2 Å². The van der Waals surface area contributed by atoms with Gasteiger partial charge in [-0.05, 0) is 18.1 Å². The van der Waals surface area contributed by atoms with Crippen LogP contribution in [-0.2, 0) is 11.0 Å². The maximum atomic E-state index is 12.9. The molecule has 0 aliphatic carbocycles. The zero-order chi connectivity index (χ0) is 15.5. The molecule has 0 saturated carbocycles. The van der Waals surface area contributed by atoms with Crippen LogP contribution in [0.4, 0.5) is 18.9 Å². The van der Waals surface area contributed by atoms with Gasteiger partial charge in [-0.3, -0.25) is 4.79 Å². The van der Waals surface area contributed by atoms with Crippen molar-refractivity contribution in [3.05, 3.63) is 28.8 Å². The van der Waals surface area contributed by atoms with Crippen molar-refractivity contribution in [3.8, 4) is 0 Å². The molecule has 2 atom stereocenters. The minimum atomic E-state index is -4.60. The lowest BCUT2D eigenvalue weighted by Gasteiger charge is -2.20. The third-order valence-corrected chi connectivity index (χ3v) is 3.44. The first-order chi connectivity index (χ1) is 9.18. The van der Waals surface area contributed by atoms with Crippen LogP contribution in [-0.4, -0.2) is 11.9 Å². The Bertz CT molecular complexity index is 491. The minimum absolute atomic E-state index is 0.146. The second-order valence-corrected chi connectivity index (χ2v) is 4.97. The molecule has 20 heavy (non-hydrogen) atoms. The van der Waals surface area contributed by atoms with Gasteiger partial charge in [0.15, 0.2) is 0 Å². The molecule has 1 aromatic carbocycles. The Morgan fingerprint density at radius 2 is 2.05 bits per heavy atom. The predicted octanol–water partition coefficient (Wildman–Crippen LogP) is 3.67. The number of nitrogens with two attached hydrogens (primary N) is 1. The topological polar surface area (TPSA) is 55.1 Å². The molecule has 0 unspecified atom stereocenters. The van der Waals surface area contributed by atoms with Crippen molar-refractivity contribution in [2.75, 3.05) is 5.32 Å². The molecule has 0 radical (unpaired) electrons. The Kier molecular flexibility index (Phi) is 5.42. The number of hydrogen-bond donors (Lipinski definition) is 2. The van der Waals surface area contributed by atoms with Gasteiger partial charge < -0.3 is 11.1 Å². The quantitative estimate of drug-likeness (QED) is 0.891. The van der Waals surface area contributed by atoms with E-state index in [-0.39, 0.29) is 10.9 Å². The van der Waals surface area contributed by atoms with Gasteiger partial charge in [0.2, 0.25) is 5.91 Å². The average Bonchev–Trinajstić information content (AvgIpc) is 2.37. The lowest BCUT2D eigenvalue weighted by molar-refractivity contribution is -0.137. The van der Waals surface area contributed by atoms with Crippen LogP contribution in [0.1, 0.15) is 25.8 Å². The van der Waals surface area contributed by atoms with Crippen molar-refractivity contribution in [1.82, 2.24) is 0 Å². The van der Waals surface area contributed by atoms with Crippen LogP contribution in [0.3, 0.4) is 0 Å². The molecule has 0 aliphatic rings. The number of carbonyl (C=O) groups is 1. The number of anilines is 1. The molecule has 7 heteroatoms. The normalized spacial score (nSPS) is 14.8. The van der Waals surface area contributed by atoms with Crippen LogP contribution in [0.5, 0.6) is 0 Å². The molecule has 0 aromatic heterocycles. The van der Waals surface area contributed by atoms with E-state index in [4.69, 9.17) is 17.3 Å². The van der Waals surface area contributed by atoms with Gasteiger partial charge in [0.1, 0.15) is 0 Å². The maximum Gasteiger partial charge on any atom is 0.418 e. The summed E-state index contributed by atoms with van der Waals surface area (Å²) in [6.45, 7) is 3.59. The van der Waals surface area contributed by atoms with Crippen LogP contribution in [0.15, 0.2) is 18.2 Å². The van der Waals surface area contributed by atoms with Crippen molar-refractivity contribution in [3.63, 3.8) is 0 Å². The summed E-state index contributed by atoms with van der Waals surface area (Å²) in [5.74, 6) is -0.829. The van der Waals surface area contributed by atoms with Crippen molar-refractivity contribution in [1.29, 1.82) is 0 Å². The first-order valence-corrected chi connectivity index (χ1v) is 6.48. The lowest BCUT2D eigenvalue weighted by atomic mass is 9.99. The van der Waals surface area contributed by atoms with Gasteiger partial charge in [0.25, 0.3) is 0 Å². The summed E-state index contributed by atoms with van der Waals surface area (Å²) >= 11 is 5.74. The van der Waals surface area contributed by atoms with E-state index in [1.807, 2.05) is 6.92 Å². The maximum absolute atomic E-state index is 12.9. The van der Waals surface area contributed by atoms with E-state index in [0.717, 1.165) is 6.07 Å². The lowest BCUT2D eigenvalue weighted by Crippen LogP contribution is -2.41. The molecular weight excluding hydrogens is 293 g/mol. The number of amides is 1. The Hall–Kier alpha value is -1.27. The molecule has 0 bridgehead atoms. The molecule has 3 N–H and O–H groups in total. The minimum Gasteiger partial charge on any atom is -0.323 e. The third-order valence-electron chi connectivity index (χ3n) is 3.13. The van der Waals surface area contributed by atoms with E-state index in [9.17, 15) is 18.0 Å². The van der Waals surface area contributed by atoms with Gasteiger partial charge in [0.05, 0.1) is 22.3 Å². The zero-order valence-electron chi connectivity index (χ0n) is 11.1. The molecule has 1 aromatic rings. The first-order valence-electron chi connectivity index (χ1n) is 6.10. The van der Waals surface area contributed by atoms with E-state index in [0.29, 0.717) is 6.42 Å². The smallest absolute Gasteiger partial charge is 0.323 e. The van der Waals surface area contributed by atoms with Gasteiger partial charge in [-0.1, -0.05) is 37.9 Å². The standard InChI is InChI=1S/C13H16ClF3N2O/c1-3-7(2)10(18)12(20)19-11-8(13(15,16)17)5-4-6-9(11)14/h4-7,10H,3,18H2,1-2H3,(H,19,20)/t7-,10-/m0/s1. The number of benzene rings is 1. The fourth-order valence-electron chi connectivity index (χ4n) is 1.61. The Labute approximate surface area is 120 Å². The fourth-order valence-corrected chi connectivity index (χ4v) is 1.83. The molecule has 1 amide bonds. The van der Waals surface area contributed by atoms with Gasteiger partial charge in [-0.2, -0.15) is 13.2 Å². The second kappa shape index (κ2) is 6.45. The van der Waals surface area contributed by atoms with Crippen LogP contribution < -0.4 is 11.1 Å². The molecular formula is C13H16ClF3N2O. The predicted molar refractivity (Wildman–Crippen MR) is 72.5 cm³/mol. The van der Waals surface area contributed by atoms with Crippen LogP contribution in [0, 0.1) is 5.92 Å². The van der Waals surface area contributed by atoms with E-state index in [1.54, 1.807) is 6.92 Å². The van der Waals surface area contributed by atoms with Gasteiger partial charge in [-0.25, -0.2) is 0 Å². The van der Waals surface area contributed by atoms with Gasteiger partial charge in [0, 0.05) is 0 Å². The summed E-state index contributed by atoms with van der Waals surface area (Å²) in [5, 5.41) is 2.01. The van der Waals surface area contributed by atoms with Crippen molar-refractivity contribution in [2.45, 2.75) is 32.5 Å². The van der Waals surface area contributed by atoms with E-state index < -0.39 is 29.4 Å². The second-order valence-electron chi connectivity index (χ2n) is 4.56. The molecule has 0 heterocycles. The molecule has 0 saturated heterocycles. The molecule has 0 spiro atoms. The SMILES string of the molecule is CC[C@H](C)[C@H](N)C(=O)Nc1c(Cl)cccc1C(F)(F)F. The highest BCUT2D eigenvalue weighted by molar-refractivity contribution is 6.34. The summed E-state index contributed by atoms with van der Waals surface area (Å²) < 4.78 is 38.6.